The van der Waals surface area contributed by atoms with Gasteiger partial charge in [0.05, 0.1) is 23.6 Å². The molecule has 0 N–H and O–H groups in total. The van der Waals surface area contributed by atoms with Crippen LogP contribution in [0.5, 0.6) is 5.75 Å². The number of benzene rings is 2. The molecule has 0 fully saturated rings. The summed E-state index contributed by atoms with van der Waals surface area (Å²) in [5.41, 5.74) is 2.17. The second kappa shape index (κ2) is 4.58. The van der Waals surface area contributed by atoms with Crippen molar-refractivity contribution < 1.29 is 9.53 Å². The molecule has 0 amide bonds. The van der Waals surface area contributed by atoms with E-state index in [0.29, 0.717) is 23.3 Å². The van der Waals surface area contributed by atoms with E-state index in [1.54, 1.807) is 18.2 Å². The van der Waals surface area contributed by atoms with E-state index in [9.17, 15) is 4.79 Å². The first-order chi connectivity index (χ1) is 9.28. The maximum absolute atomic E-state index is 12.1. The SMILES string of the molecule is N#Cc1ccc(C2CC(=O)c3ccccc3O2)cc1. The lowest BCUT2D eigenvalue weighted by Gasteiger charge is -2.25. The zero-order valence-corrected chi connectivity index (χ0v) is 10.2. The molecule has 0 spiro atoms. The lowest BCUT2D eigenvalue weighted by atomic mass is 9.96. The normalized spacial score (nSPS) is 17.2. The summed E-state index contributed by atoms with van der Waals surface area (Å²) in [5.74, 6) is 0.726. The van der Waals surface area contributed by atoms with Crippen LogP contribution in [0.15, 0.2) is 48.5 Å². The molecule has 2 aromatic carbocycles. The van der Waals surface area contributed by atoms with E-state index in [2.05, 4.69) is 6.07 Å². The Balaban J connectivity index is 1.92. The Labute approximate surface area is 111 Å². The topological polar surface area (TPSA) is 50.1 Å². The number of ketones is 1. The molecule has 0 saturated heterocycles. The molecule has 0 radical (unpaired) electrons. The van der Waals surface area contributed by atoms with Crippen molar-refractivity contribution in [3.05, 3.63) is 65.2 Å². The minimum atomic E-state index is -0.268. The van der Waals surface area contributed by atoms with Crippen molar-refractivity contribution in [2.24, 2.45) is 0 Å². The molecule has 92 valence electrons. The van der Waals surface area contributed by atoms with Crippen molar-refractivity contribution in [3.63, 3.8) is 0 Å². The van der Waals surface area contributed by atoms with E-state index in [1.807, 2.05) is 30.3 Å². The van der Waals surface area contributed by atoms with Crippen molar-refractivity contribution >= 4 is 5.78 Å². The Morgan fingerprint density at radius 1 is 1.11 bits per heavy atom. The van der Waals surface area contributed by atoms with Crippen LogP contribution in [-0.2, 0) is 0 Å². The number of fused-ring (bicyclic) bond motifs is 1. The number of hydrogen-bond donors (Lipinski definition) is 0. The molecule has 1 unspecified atom stereocenters. The van der Waals surface area contributed by atoms with Crippen molar-refractivity contribution in [2.45, 2.75) is 12.5 Å². The summed E-state index contributed by atoms with van der Waals surface area (Å²) in [6.45, 7) is 0. The molecule has 3 rings (SSSR count). The molecule has 3 nitrogen and oxygen atoms in total. The van der Waals surface area contributed by atoms with E-state index < -0.39 is 0 Å². The van der Waals surface area contributed by atoms with Gasteiger partial charge in [-0.2, -0.15) is 5.26 Å². The lowest BCUT2D eigenvalue weighted by molar-refractivity contribution is 0.0850. The zero-order chi connectivity index (χ0) is 13.2. The van der Waals surface area contributed by atoms with Crippen LogP contribution in [0.4, 0.5) is 0 Å². The van der Waals surface area contributed by atoms with Crippen LogP contribution in [-0.4, -0.2) is 5.78 Å². The number of hydrogen-bond acceptors (Lipinski definition) is 3. The number of carbonyl (C=O) groups is 1. The smallest absolute Gasteiger partial charge is 0.170 e. The Morgan fingerprint density at radius 3 is 2.58 bits per heavy atom. The van der Waals surface area contributed by atoms with Crippen LogP contribution < -0.4 is 4.74 Å². The van der Waals surface area contributed by atoms with E-state index in [1.165, 1.54) is 0 Å². The van der Waals surface area contributed by atoms with Gasteiger partial charge in [0.15, 0.2) is 5.78 Å². The van der Waals surface area contributed by atoms with Crippen molar-refractivity contribution in [1.82, 2.24) is 0 Å². The average molecular weight is 249 g/mol. The maximum Gasteiger partial charge on any atom is 0.170 e. The third-order valence-electron chi connectivity index (χ3n) is 3.24. The van der Waals surface area contributed by atoms with Gasteiger partial charge < -0.3 is 4.74 Å². The highest BCUT2D eigenvalue weighted by Crippen LogP contribution is 2.34. The average Bonchev–Trinajstić information content (AvgIpc) is 2.47. The van der Waals surface area contributed by atoms with E-state index in [0.717, 1.165) is 5.56 Å². The minimum Gasteiger partial charge on any atom is -0.484 e. The van der Waals surface area contributed by atoms with Gasteiger partial charge in [0.2, 0.25) is 0 Å². The molecule has 1 aliphatic rings. The standard InChI is InChI=1S/C16H11NO2/c17-10-11-5-7-12(8-6-11)16-9-14(18)13-3-1-2-4-15(13)19-16/h1-8,16H,9H2. The number of ether oxygens (including phenoxy) is 1. The second-order valence-corrected chi connectivity index (χ2v) is 4.46. The number of para-hydroxylation sites is 1. The van der Waals surface area contributed by atoms with Gasteiger partial charge in [-0.1, -0.05) is 24.3 Å². The van der Waals surface area contributed by atoms with Gasteiger partial charge in [-0.25, -0.2) is 0 Å². The van der Waals surface area contributed by atoms with E-state index in [-0.39, 0.29) is 11.9 Å². The molecule has 2 aromatic rings. The molecular formula is C16H11NO2. The van der Waals surface area contributed by atoms with Crippen LogP contribution in [0.3, 0.4) is 0 Å². The Morgan fingerprint density at radius 2 is 1.84 bits per heavy atom. The van der Waals surface area contributed by atoms with Crippen LogP contribution in [0, 0.1) is 11.3 Å². The highest BCUT2D eigenvalue weighted by atomic mass is 16.5. The van der Waals surface area contributed by atoms with Crippen LogP contribution >= 0.6 is 0 Å². The summed E-state index contributed by atoms with van der Waals surface area (Å²) in [6, 6.07) is 16.5. The fourth-order valence-corrected chi connectivity index (χ4v) is 2.23. The third kappa shape index (κ3) is 2.09. The number of carbonyl (C=O) groups excluding carboxylic acids is 1. The van der Waals surface area contributed by atoms with Gasteiger partial charge >= 0.3 is 0 Å². The molecular weight excluding hydrogens is 238 g/mol. The Bertz CT molecular complexity index is 668. The predicted molar refractivity (Wildman–Crippen MR) is 69.9 cm³/mol. The van der Waals surface area contributed by atoms with Gasteiger partial charge in [0, 0.05) is 0 Å². The van der Waals surface area contributed by atoms with Crippen molar-refractivity contribution in [1.29, 1.82) is 5.26 Å². The Kier molecular flexibility index (Phi) is 2.77. The summed E-state index contributed by atoms with van der Waals surface area (Å²) >= 11 is 0. The van der Waals surface area contributed by atoms with Crippen molar-refractivity contribution in [2.75, 3.05) is 0 Å². The number of Topliss-reactive ketones (excluding diaryl/α,β-unsaturated/α-hetero) is 1. The summed E-state index contributed by atoms with van der Waals surface area (Å²) < 4.78 is 5.86. The molecule has 0 aliphatic carbocycles. The fourth-order valence-electron chi connectivity index (χ4n) is 2.23. The molecule has 3 heteroatoms. The molecule has 1 atom stereocenters. The number of nitrogens with zero attached hydrogens (tertiary/aromatic N) is 1. The number of rotatable bonds is 1. The van der Waals surface area contributed by atoms with Gasteiger partial charge in [0.25, 0.3) is 0 Å². The lowest BCUT2D eigenvalue weighted by Crippen LogP contribution is -2.20. The van der Waals surface area contributed by atoms with Crippen LogP contribution in [0.2, 0.25) is 0 Å². The predicted octanol–water partition coefficient (Wildman–Crippen LogP) is 3.26. The first kappa shape index (κ1) is 11.5. The highest BCUT2D eigenvalue weighted by Gasteiger charge is 2.27. The molecule has 1 heterocycles. The number of nitriles is 1. The van der Waals surface area contributed by atoms with Gasteiger partial charge in [0.1, 0.15) is 11.9 Å². The maximum atomic E-state index is 12.1. The van der Waals surface area contributed by atoms with Crippen molar-refractivity contribution in [3.8, 4) is 11.8 Å². The molecule has 0 aromatic heterocycles. The molecule has 0 saturated carbocycles. The van der Waals surface area contributed by atoms with E-state index in [4.69, 9.17) is 10.00 Å². The van der Waals surface area contributed by atoms with Crippen LogP contribution in [0.1, 0.15) is 34.0 Å². The monoisotopic (exact) mass is 249 g/mol. The summed E-state index contributed by atoms with van der Waals surface area (Å²) in [6.07, 6.45) is 0.0678. The summed E-state index contributed by atoms with van der Waals surface area (Å²) in [4.78, 5) is 12.1. The third-order valence-corrected chi connectivity index (χ3v) is 3.24. The summed E-state index contributed by atoms with van der Waals surface area (Å²) in [5, 5.41) is 8.78. The Hall–Kier alpha value is -2.60. The van der Waals surface area contributed by atoms with E-state index >= 15 is 0 Å². The first-order valence-electron chi connectivity index (χ1n) is 6.07. The molecule has 1 aliphatic heterocycles. The summed E-state index contributed by atoms with van der Waals surface area (Å²) in [7, 11) is 0. The first-order valence-corrected chi connectivity index (χ1v) is 6.07. The largest absolute Gasteiger partial charge is 0.484 e. The van der Waals surface area contributed by atoms with Crippen LogP contribution in [0.25, 0.3) is 0 Å². The van der Waals surface area contributed by atoms with Gasteiger partial charge in [-0.15, -0.1) is 0 Å². The second-order valence-electron chi connectivity index (χ2n) is 4.46. The fraction of sp³-hybridized carbons (Fsp3) is 0.125. The quantitative estimate of drug-likeness (QED) is 0.779. The molecule has 19 heavy (non-hydrogen) atoms. The van der Waals surface area contributed by atoms with Gasteiger partial charge in [-0.05, 0) is 29.8 Å². The minimum absolute atomic E-state index is 0.0937. The zero-order valence-electron chi connectivity index (χ0n) is 10.2. The molecule has 0 bridgehead atoms. The highest BCUT2D eigenvalue weighted by molar-refractivity contribution is 5.99. The van der Waals surface area contributed by atoms with Gasteiger partial charge in [-0.3, -0.25) is 4.79 Å².